The second kappa shape index (κ2) is 8.07. The number of thiocarbonyl (C=S) groups is 1. The molecule has 130 valence electrons. The van der Waals surface area contributed by atoms with E-state index in [4.69, 9.17) is 12.2 Å². The van der Waals surface area contributed by atoms with Gasteiger partial charge >= 0.3 is 0 Å². The molecule has 0 unspecified atom stereocenters. The van der Waals surface area contributed by atoms with Gasteiger partial charge in [-0.1, -0.05) is 48.2 Å². The van der Waals surface area contributed by atoms with Gasteiger partial charge in [-0.3, -0.25) is 20.0 Å². The molecule has 1 aromatic carbocycles. The number of thioether (sulfide) groups is 1. The van der Waals surface area contributed by atoms with E-state index in [0.29, 0.717) is 10.5 Å². The number of hydrogen-bond acceptors (Lipinski definition) is 5. The van der Waals surface area contributed by atoms with Crippen LogP contribution < -0.4 is 5.43 Å². The quantitative estimate of drug-likeness (QED) is 0.648. The van der Waals surface area contributed by atoms with Crippen molar-refractivity contribution >= 4 is 46.2 Å². The molecule has 0 spiro atoms. The molecule has 5 nitrogen and oxygen atoms in total. The monoisotopic (exact) mass is 381 g/mol. The Labute approximate surface area is 160 Å². The number of nitrogens with one attached hydrogen (secondary N) is 1. The van der Waals surface area contributed by atoms with E-state index in [0.717, 1.165) is 27.9 Å². The van der Waals surface area contributed by atoms with Crippen LogP contribution in [0.25, 0.3) is 6.08 Å². The molecule has 1 saturated heterocycles. The van der Waals surface area contributed by atoms with Crippen LogP contribution in [0.15, 0.2) is 71.4 Å². The maximum Gasteiger partial charge on any atom is 0.285 e. The van der Waals surface area contributed by atoms with Crippen LogP contribution in [0.1, 0.15) is 22.8 Å². The number of carbonyl (C=O) groups is 2. The maximum absolute atomic E-state index is 12.6. The molecule has 1 aliphatic heterocycles. The summed E-state index contributed by atoms with van der Waals surface area (Å²) in [5.74, 6) is -0.787. The van der Waals surface area contributed by atoms with E-state index in [1.165, 1.54) is 6.20 Å². The number of hydrogen-bond donors (Lipinski definition) is 1. The number of amides is 2. The molecule has 2 amide bonds. The summed E-state index contributed by atoms with van der Waals surface area (Å²) in [6, 6.07) is 13.1. The minimum atomic E-state index is -0.438. The molecule has 0 saturated carbocycles. The second-order valence-corrected chi connectivity index (χ2v) is 7.17. The van der Waals surface area contributed by atoms with Crippen molar-refractivity contribution in [2.75, 3.05) is 0 Å². The molecule has 7 heteroatoms. The number of hydrazine groups is 1. The highest BCUT2D eigenvalue weighted by molar-refractivity contribution is 8.26. The lowest BCUT2D eigenvalue weighted by molar-refractivity contribution is -0.123. The van der Waals surface area contributed by atoms with Gasteiger partial charge in [0.2, 0.25) is 0 Å². The highest BCUT2D eigenvalue weighted by Gasteiger charge is 2.33. The molecule has 0 aliphatic carbocycles. The third-order valence-electron chi connectivity index (χ3n) is 3.48. The summed E-state index contributed by atoms with van der Waals surface area (Å²) < 4.78 is 0.283. The minimum Gasteiger partial charge on any atom is -0.267 e. The molecule has 1 aromatic heterocycles. The van der Waals surface area contributed by atoms with Gasteiger partial charge in [-0.25, -0.2) is 0 Å². The van der Waals surface area contributed by atoms with Crippen molar-refractivity contribution in [2.24, 2.45) is 0 Å². The van der Waals surface area contributed by atoms with Crippen LogP contribution in [0.3, 0.4) is 0 Å². The van der Waals surface area contributed by atoms with Crippen LogP contribution in [0.5, 0.6) is 0 Å². The number of benzene rings is 1. The smallest absolute Gasteiger partial charge is 0.267 e. The largest absolute Gasteiger partial charge is 0.285 e. The van der Waals surface area contributed by atoms with Crippen LogP contribution in [0, 0.1) is 0 Å². The molecule has 0 bridgehead atoms. The number of pyridine rings is 1. The van der Waals surface area contributed by atoms with E-state index in [2.05, 4.69) is 10.4 Å². The Morgan fingerprint density at radius 3 is 2.69 bits per heavy atom. The molecule has 2 aromatic rings. The van der Waals surface area contributed by atoms with Crippen molar-refractivity contribution in [1.82, 2.24) is 15.4 Å². The summed E-state index contributed by atoms with van der Waals surface area (Å²) in [4.78, 5) is 29.1. The molecule has 0 radical (unpaired) electrons. The standard InChI is InChI=1S/C19H15N3O2S2/c1-13(10-14-6-3-2-4-7-14)11-16-18(24)22(19(25)26-16)21-17(23)15-8-5-9-20-12-15/h2-12H,1H3,(H,21,23)/b13-10+,16-11-. The molecule has 1 N–H and O–H groups in total. The lowest BCUT2D eigenvalue weighted by Crippen LogP contribution is -2.44. The number of carbonyl (C=O) groups excluding carboxylic acids is 2. The van der Waals surface area contributed by atoms with Crippen LogP contribution in [0.2, 0.25) is 0 Å². The van der Waals surface area contributed by atoms with Gasteiger partial charge in [0, 0.05) is 12.4 Å². The first kappa shape index (κ1) is 18.0. The highest BCUT2D eigenvalue weighted by atomic mass is 32.2. The van der Waals surface area contributed by atoms with Crippen LogP contribution in [-0.2, 0) is 4.79 Å². The zero-order valence-electron chi connectivity index (χ0n) is 13.9. The van der Waals surface area contributed by atoms with Gasteiger partial charge < -0.3 is 0 Å². The fourth-order valence-corrected chi connectivity index (χ4v) is 3.52. The molecule has 1 fully saturated rings. The zero-order chi connectivity index (χ0) is 18.5. The predicted octanol–water partition coefficient (Wildman–Crippen LogP) is 3.57. The summed E-state index contributed by atoms with van der Waals surface area (Å²) in [6.45, 7) is 1.91. The van der Waals surface area contributed by atoms with Gasteiger partial charge in [-0.2, -0.15) is 5.01 Å². The average Bonchev–Trinajstić information content (AvgIpc) is 2.90. The number of aromatic nitrogens is 1. The number of rotatable bonds is 4. The SMILES string of the molecule is CC(/C=C1\SC(=S)N(NC(=O)c2cccnc2)C1=O)=C\c1ccccc1. The van der Waals surface area contributed by atoms with Crippen LogP contribution >= 0.6 is 24.0 Å². The lowest BCUT2D eigenvalue weighted by atomic mass is 10.1. The lowest BCUT2D eigenvalue weighted by Gasteiger charge is -2.15. The highest BCUT2D eigenvalue weighted by Crippen LogP contribution is 2.31. The van der Waals surface area contributed by atoms with Crippen LogP contribution in [-0.4, -0.2) is 26.1 Å². The maximum atomic E-state index is 12.6. The van der Waals surface area contributed by atoms with E-state index >= 15 is 0 Å². The van der Waals surface area contributed by atoms with E-state index in [1.807, 2.05) is 43.3 Å². The molecular formula is C19H15N3O2S2. The molecule has 1 aliphatic rings. The van der Waals surface area contributed by atoms with Gasteiger partial charge in [-0.15, -0.1) is 0 Å². The van der Waals surface area contributed by atoms with Crippen molar-refractivity contribution in [2.45, 2.75) is 6.92 Å². The first-order chi connectivity index (χ1) is 12.5. The van der Waals surface area contributed by atoms with Gasteiger partial charge in [0.05, 0.1) is 10.5 Å². The Morgan fingerprint density at radius 1 is 1.23 bits per heavy atom. The third kappa shape index (κ3) is 4.25. The summed E-state index contributed by atoms with van der Waals surface area (Å²) >= 11 is 6.38. The average molecular weight is 381 g/mol. The molecular weight excluding hydrogens is 366 g/mol. The first-order valence-corrected chi connectivity index (χ1v) is 8.99. The van der Waals surface area contributed by atoms with Gasteiger partial charge in [0.25, 0.3) is 11.8 Å². The van der Waals surface area contributed by atoms with Crippen molar-refractivity contribution < 1.29 is 9.59 Å². The van der Waals surface area contributed by atoms with Crippen molar-refractivity contribution in [3.8, 4) is 0 Å². The van der Waals surface area contributed by atoms with Crippen molar-refractivity contribution in [3.05, 3.63) is 82.5 Å². The Morgan fingerprint density at radius 2 is 2.00 bits per heavy atom. The van der Waals surface area contributed by atoms with E-state index < -0.39 is 5.91 Å². The van der Waals surface area contributed by atoms with Gasteiger partial charge in [-0.05, 0) is 48.5 Å². The second-order valence-electron chi connectivity index (χ2n) is 5.50. The minimum absolute atomic E-state index is 0.283. The summed E-state index contributed by atoms with van der Waals surface area (Å²) in [7, 11) is 0. The zero-order valence-corrected chi connectivity index (χ0v) is 15.5. The van der Waals surface area contributed by atoms with Crippen molar-refractivity contribution in [3.63, 3.8) is 0 Å². The third-order valence-corrected chi connectivity index (χ3v) is 4.79. The molecule has 3 rings (SSSR count). The number of allylic oxidation sites excluding steroid dienone is 2. The van der Waals surface area contributed by atoms with Gasteiger partial charge in [0.15, 0.2) is 4.32 Å². The fourth-order valence-electron chi connectivity index (χ4n) is 2.29. The van der Waals surface area contributed by atoms with Gasteiger partial charge in [0.1, 0.15) is 0 Å². The summed E-state index contributed by atoms with van der Waals surface area (Å²) in [5, 5.41) is 1.09. The van der Waals surface area contributed by atoms with E-state index in [9.17, 15) is 9.59 Å². The Kier molecular flexibility index (Phi) is 5.60. The molecule has 2 heterocycles. The van der Waals surface area contributed by atoms with E-state index in [1.54, 1.807) is 24.4 Å². The summed E-state index contributed by atoms with van der Waals surface area (Å²) in [5.41, 5.74) is 4.84. The molecule has 0 atom stereocenters. The Hall–Kier alpha value is -2.77. The first-order valence-electron chi connectivity index (χ1n) is 7.77. The predicted molar refractivity (Wildman–Crippen MR) is 107 cm³/mol. The topological polar surface area (TPSA) is 62.3 Å². The Bertz CT molecular complexity index is 909. The molecule has 26 heavy (non-hydrogen) atoms. The fraction of sp³-hybridized carbons (Fsp3) is 0.0526. The number of nitrogens with zero attached hydrogens (tertiary/aromatic N) is 2. The van der Waals surface area contributed by atoms with E-state index in [-0.39, 0.29) is 10.2 Å². The normalized spacial score (nSPS) is 16.3. The van der Waals surface area contributed by atoms with Crippen LogP contribution in [0.4, 0.5) is 0 Å². The van der Waals surface area contributed by atoms with Crippen molar-refractivity contribution in [1.29, 1.82) is 0 Å². The summed E-state index contributed by atoms with van der Waals surface area (Å²) in [6.07, 6.45) is 6.74. The Balaban J connectivity index is 1.74.